The Morgan fingerprint density at radius 1 is 0.926 bits per heavy atom. The Kier molecular flexibility index (Phi) is 6.45. The lowest BCUT2D eigenvalue weighted by atomic mass is 10.1. The fraction of sp³-hybridized carbons (Fsp3) is 0.545. The number of nitrogens with zero attached hydrogens (tertiary/aromatic N) is 2. The molecule has 0 aliphatic carbocycles. The zero-order chi connectivity index (χ0) is 18.3. The van der Waals surface area contributed by atoms with Crippen molar-refractivity contribution in [2.75, 3.05) is 45.9 Å². The minimum absolute atomic E-state index is 0.161. The average Bonchev–Trinajstić information content (AvgIpc) is 3.19. The number of piperazine rings is 1. The topological polar surface area (TPSA) is 38.1 Å². The molecule has 27 heavy (non-hydrogen) atoms. The quantitative estimate of drug-likeness (QED) is 0.743. The summed E-state index contributed by atoms with van der Waals surface area (Å²) in [6.45, 7) is 7.77. The van der Waals surface area contributed by atoms with Crippen molar-refractivity contribution in [1.82, 2.24) is 9.80 Å². The van der Waals surface area contributed by atoms with Gasteiger partial charge in [0.1, 0.15) is 30.0 Å². The molecule has 2 saturated heterocycles. The summed E-state index contributed by atoms with van der Waals surface area (Å²) >= 11 is 0. The molecule has 2 aliphatic rings. The lowest BCUT2D eigenvalue weighted by molar-refractivity contribution is 0.000627. The first kappa shape index (κ1) is 18.5. The van der Waals surface area contributed by atoms with E-state index in [1.165, 1.54) is 12.8 Å². The summed E-state index contributed by atoms with van der Waals surface area (Å²) in [5.74, 6) is 3.01. The van der Waals surface area contributed by atoms with Gasteiger partial charge in [-0.05, 0) is 43.5 Å². The molecule has 4 rings (SSSR count). The van der Waals surface area contributed by atoms with Crippen LogP contribution < -0.4 is 4.74 Å². The molecule has 5 heteroatoms. The molecule has 2 aromatic rings. The van der Waals surface area contributed by atoms with Gasteiger partial charge in [0, 0.05) is 39.3 Å². The third-order valence-electron chi connectivity index (χ3n) is 5.44. The average molecular weight is 370 g/mol. The van der Waals surface area contributed by atoms with Crippen LogP contribution in [0.2, 0.25) is 0 Å². The summed E-state index contributed by atoms with van der Waals surface area (Å²) in [5.41, 5.74) is 0. The number of rotatable bonds is 7. The molecular weight excluding hydrogens is 340 g/mol. The second-order valence-corrected chi connectivity index (χ2v) is 7.44. The number of ether oxygens (including phenoxy) is 2. The predicted molar refractivity (Wildman–Crippen MR) is 105 cm³/mol. The summed E-state index contributed by atoms with van der Waals surface area (Å²) in [7, 11) is 0. The molecule has 1 aromatic heterocycles. The highest BCUT2D eigenvalue weighted by atomic mass is 16.5. The van der Waals surface area contributed by atoms with Crippen LogP contribution in [-0.2, 0) is 11.3 Å². The Hall–Kier alpha value is -1.82. The molecule has 2 aliphatic heterocycles. The molecular formula is C22H30N2O3. The Morgan fingerprint density at radius 3 is 2.52 bits per heavy atom. The highest BCUT2D eigenvalue weighted by Crippen LogP contribution is 2.29. The Balaban J connectivity index is 1.17. The van der Waals surface area contributed by atoms with Crippen LogP contribution in [0.1, 0.15) is 36.9 Å². The van der Waals surface area contributed by atoms with Crippen LogP contribution in [0, 0.1) is 0 Å². The maximum absolute atomic E-state index is 6.07. The van der Waals surface area contributed by atoms with Gasteiger partial charge < -0.3 is 13.9 Å². The van der Waals surface area contributed by atoms with Crippen LogP contribution in [0.15, 0.2) is 46.9 Å². The van der Waals surface area contributed by atoms with Gasteiger partial charge in [-0.15, -0.1) is 0 Å². The van der Waals surface area contributed by atoms with Crippen LogP contribution in [0.3, 0.4) is 0 Å². The lowest BCUT2D eigenvalue weighted by Crippen LogP contribution is -2.46. The first-order valence-corrected chi connectivity index (χ1v) is 10.2. The van der Waals surface area contributed by atoms with E-state index < -0.39 is 0 Å². The van der Waals surface area contributed by atoms with Gasteiger partial charge in [-0.3, -0.25) is 9.80 Å². The van der Waals surface area contributed by atoms with Crippen molar-refractivity contribution in [3.8, 4) is 5.75 Å². The number of benzene rings is 1. The van der Waals surface area contributed by atoms with Crippen molar-refractivity contribution >= 4 is 0 Å². The first-order chi connectivity index (χ1) is 13.4. The van der Waals surface area contributed by atoms with E-state index in [0.29, 0.717) is 0 Å². The molecule has 0 saturated carbocycles. The summed E-state index contributed by atoms with van der Waals surface area (Å²) < 4.78 is 17.7. The normalized spacial score (nSPS) is 22.0. The van der Waals surface area contributed by atoms with E-state index in [2.05, 4.69) is 21.9 Å². The Morgan fingerprint density at radius 2 is 1.74 bits per heavy atom. The Bertz CT molecular complexity index is 674. The van der Waals surface area contributed by atoms with Crippen molar-refractivity contribution in [3.05, 3.63) is 54.0 Å². The summed E-state index contributed by atoms with van der Waals surface area (Å²) in [6, 6.07) is 14.3. The van der Waals surface area contributed by atoms with Gasteiger partial charge in [0.05, 0.1) is 6.54 Å². The van der Waals surface area contributed by atoms with Gasteiger partial charge >= 0.3 is 0 Å². The maximum atomic E-state index is 6.07. The molecule has 3 heterocycles. The van der Waals surface area contributed by atoms with E-state index in [0.717, 1.165) is 76.2 Å². The molecule has 0 bridgehead atoms. The van der Waals surface area contributed by atoms with Crippen LogP contribution >= 0.6 is 0 Å². The SMILES string of the molecule is c1ccc(OCCN2CCN(Cc3ccc([C@H]4CCCCO4)o3)CC2)cc1. The molecule has 0 amide bonds. The number of hydrogen-bond donors (Lipinski definition) is 0. The molecule has 0 N–H and O–H groups in total. The largest absolute Gasteiger partial charge is 0.492 e. The number of hydrogen-bond acceptors (Lipinski definition) is 5. The fourth-order valence-corrected chi connectivity index (χ4v) is 3.82. The summed E-state index contributed by atoms with van der Waals surface area (Å²) in [5, 5.41) is 0. The third-order valence-corrected chi connectivity index (χ3v) is 5.44. The van der Waals surface area contributed by atoms with Gasteiger partial charge in [-0.1, -0.05) is 18.2 Å². The van der Waals surface area contributed by atoms with Crippen LogP contribution in [0.4, 0.5) is 0 Å². The van der Waals surface area contributed by atoms with E-state index in [1.54, 1.807) is 0 Å². The molecule has 0 spiro atoms. The van der Waals surface area contributed by atoms with E-state index in [-0.39, 0.29) is 6.10 Å². The molecule has 1 aromatic carbocycles. The van der Waals surface area contributed by atoms with E-state index in [4.69, 9.17) is 13.9 Å². The van der Waals surface area contributed by atoms with Crippen molar-refractivity contribution in [2.45, 2.75) is 31.9 Å². The summed E-state index contributed by atoms with van der Waals surface area (Å²) in [6.07, 6.45) is 3.65. The van der Waals surface area contributed by atoms with Gasteiger partial charge in [-0.2, -0.15) is 0 Å². The van der Waals surface area contributed by atoms with Gasteiger partial charge in [0.2, 0.25) is 0 Å². The van der Waals surface area contributed by atoms with Crippen molar-refractivity contribution < 1.29 is 13.9 Å². The number of furan rings is 1. The fourth-order valence-electron chi connectivity index (χ4n) is 3.82. The van der Waals surface area contributed by atoms with Crippen molar-refractivity contribution in [1.29, 1.82) is 0 Å². The first-order valence-electron chi connectivity index (χ1n) is 10.2. The van der Waals surface area contributed by atoms with E-state index in [1.807, 2.05) is 30.3 Å². The van der Waals surface area contributed by atoms with Gasteiger partial charge in [0.15, 0.2) is 0 Å². The van der Waals surface area contributed by atoms with E-state index >= 15 is 0 Å². The standard InChI is InChI=1S/C22H30N2O3/c1-2-6-19(7-3-1)25-17-15-23-11-13-24(14-12-23)18-20-9-10-22(27-20)21-8-4-5-16-26-21/h1-3,6-7,9-10,21H,4-5,8,11-18H2/t21-/m1/s1. The van der Waals surface area contributed by atoms with Crippen molar-refractivity contribution in [2.24, 2.45) is 0 Å². The second-order valence-electron chi connectivity index (χ2n) is 7.44. The number of para-hydroxylation sites is 1. The third kappa shape index (κ3) is 5.34. The molecule has 2 fully saturated rings. The Labute approximate surface area is 161 Å². The lowest BCUT2D eigenvalue weighted by Gasteiger charge is -2.34. The summed E-state index contributed by atoms with van der Waals surface area (Å²) in [4.78, 5) is 4.95. The van der Waals surface area contributed by atoms with Gasteiger partial charge in [-0.25, -0.2) is 0 Å². The predicted octanol–water partition coefficient (Wildman–Crippen LogP) is 3.72. The molecule has 146 valence electrons. The van der Waals surface area contributed by atoms with Crippen LogP contribution in [-0.4, -0.2) is 55.7 Å². The van der Waals surface area contributed by atoms with Crippen LogP contribution in [0.5, 0.6) is 5.75 Å². The molecule has 0 radical (unpaired) electrons. The molecule has 5 nitrogen and oxygen atoms in total. The highest BCUT2D eigenvalue weighted by Gasteiger charge is 2.21. The van der Waals surface area contributed by atoms with Gasteiger partial charge in [0.25, 0.3) is 0 Å². The smallest absolute Gasteiger partial charge is 0.133 e. The molecule has 0 unspecified atom stereocenters. The zero-order valence-corrected chi connectivity index (χ0v) is 16.0. The highest BCUT2D eigenvalue weighted by molar-refractivity contribution is 5.20. The minimum Gasteiger partial charge on any atom is -0.492 e. The zero-order valence-electron chi connectivity index (χ0n) is 16.0. The maximum Gasteiger partial charge on any atom is 0.133 e. The van der Waals surface area contributed by atoms with Crippen LogP contribution in [0.25, 0.3) is 0 Å². The molecule has 1 atom stereocenters. The monoisotopic (exact) mass is 370 g/mol. The minimum atomic E-state index is 0.161. The van der Waals surface area contributed by atoms with E-state index in [9.17, 15) is 0 Å². The second kappa shape index (κ2) is 9.40. The van der Waals surface area contributed by atoms with Crippen molar-refractivity contribution in [3.63, 3.8) is 0 Å².